The molecule has 1 atom stereocenters. The van der Waals surface area contributed by atoms with E-state index in [0.29, 0.717) is 22.9 Å². The molecule has 2 heterocycles. The summed E-state index contributed by atoms with van der Waals surface area (Å²) in [7, 11) is 1.56. The fourth-order valence-electron chi connectivity index (χ4n) is 3.29. The molecule has 0 radical (unpaired) electrons. The minimum absolute atomic E-state index is 0.156. The second-order valence-corrected chi connectivity index (χ2v) is 7.44. The zero-order chi connectivity index (χ0) is 17.6. The van der Waals surface area contributed by atoms with E-state index in [9.17, 15) is 4.79 Å². The van der Waals surface area contributed by atoms with Gasteiger partial charge in [0.05, 0.1) is 18.7 Å². The van der Waals surface area contributed by atoms with E-state index >= 15 is 0 Å². The van der Waals surface area contributed by atoms with E-state index in [1.807, 2.05) is 0 Å². The first-order chi connectivity index (χ1) is 12.2. The van der Waals surface area contributed by atoms with Crippen molar-refractivity contribution in [3.8, 4) is 5.75 Å². The number of piperidine rings is 1. The van der Waals surface area contributed by atoms with Crippen LogP contribution in [0, 0.1) is 0 Å². The van der Waals surface area contributed by atoms with Gasteiger partial charge in [0.15, 0.2) is 0 Å². The Labute approximate surface area is 157 Å². The summed E-state index contributed by atoms with van der Waals surface area (Å²) in [5, 5.41) is 7.86. The fraction of sp³-hybridized carbons (Fsp3) is 0.421. The monoisotopic (exact) mass is 378 g/mol. The molecule has 2 aromatic rings. The molecular weight excluding hydrogens is 356 g/mol. The lowest BCUT2D eigenvalue weighted by Crippen LogP contribution is -2.40. The van der Waals surface area contributed by atoms with E-state index in [1.54, 1.807) is 36.6 Å². The second-order valence-electron chi connectivity index (χ2n) is 6.22. The number of ether oxygens (including phenoxy) is 1. The lowest BCUT2D eigenvalue weighted by Gasteiger charge is -2.34. The molecule has 0 spiro atoms. The Kier molecular flexibility index (Phi) is 6.34. The molecule has 0 aliphatic carbocycles. The summed E-state index contributed by atoms with van der Waals surface area (Å²) >= 11 is 7.73. The highest BCUT2D eigenvalue weighted by molar-refractivity contribution is 7.07. The van der Waals surface area contributed by atoms with Crippen LogP contribution in [0.4, 0.5) is 0 Å². The third-order valence-corrected chi connectivity index (χ3v) is 5.56. The SMILES string of the molecule is COc1ccc(Cl)cc1C(=O)NCC(c1ccsc1)N1CCCCC1. The molecule has 0 bridgehead atoms. The van der Waals surface area contributed by atoms with Crippen LogP contribution in [0.3, 0.4) is 0 Å². The van der Waals surface area contributed by atoms with E-state index in [-0.39, 0.29) is 11.9 Å². The van der Waals surface area contributed by atoms with Crippen LogP contribution in [-0.4, -0.2) is 37.6 Å². The van der Waals surface area contributed by atoms with Crippen molar-refractivity contribution < 1.29 is 9.53 Å². The Bertz CT molecular complexity index is 699. The van der Waals surface area contributed by atoms with Gasteiger partial charge in [0.1, 0.15) is 5.75 Å². The van der Waals surface area contributed by atoms with Gasteiger partial charge in [-0.3, -0.25) is 9.69 Å². The van der Waals surface area contributed by atoms with Crippen LogP contribution in [0.15, 0.2) is 35.0 Å². The van der Waals surface area contributed by atoms with Gasteiger partial charge in [-0.15, -0.1) is 0 Å². The Morgan fingerprint density at radius 2 is 2.12 bits per heavy atom. The van der Waals surface area contributed by atoms with Crippen molar-refractivity contribution in [3.05, 3.63) is 51.2 Å². The lowest BCUT2D eigenvalue weighted by atomic mass is 10.0. The van der Waals surface area contributed by atoms with Crippen LogP contribution in [0.2, 0.25) is 5.02 Å². The molecule has 3 rings (SSSR count). The molecule has 134 valence electrons. The molecule has 1 N–H and O–H groups in total. The number of rotatable bonds is 6. The van der Waals surface area contributed by atoms with E-state index in [1.165, 1.54) is 24.8 Å². The largest absolute Gasteiger partial charge is 0.496 e. The predicted octanol–water partition coefficient (Wildman–Crippen LogP) is 4.37. The Morgan fingerprint density at radius 3 is 2.80 bits per heavy atom. The molecule has 0 saturated carbocycles. The van der Waals surface area contributed by atoms with Gasteiger partial charge in [-0.05, 0) is 66.5 Å². The number of methoxy groups -OCH3 is 1. The average molecular weight is 379 g/mol. The molecule has 25 heavy (non-hydrogen) atoms. The second kappa shape index (κ2) is 8.70. The zero-order valence-corrected chi connectivity index (χ0v) is 15.9. The number of halogens is 1. The third kappa shape index (κ3) is 4.54. The van der Waals surface area contributed by atoms with Crippen molar-refractivity contribution in [2.24, 2.45) is 0 Å². The summed E-state index contributed by atoms with van der Waals surface area (Å²) in [6, 6.07) is 7.45. The smallest absolute Gasteiger partial charge is 0.255 e. The van der Waals surface area contributed by atoms with Crippen molar-refractivity contribution in [1.29, 1.82) is 0 Å². The standard InChI is InChI=1S/C19H23ClN2O2S/c1-24-18-6-5-15(20)11-16(18)19(23)21-12-17(14-7-10-25-13-14)22-8-3-2-4-9-22/h5-7,10-11,13,17H,2-4,8-9,12H2,1H3,(H,21,23). The molecule has 1 aromatic heterocycles. The quantitative estimate of drug-likeness (QED) is 0.811. The minimum atomic E-state index is -0.156. The number of carbonyl (C=O) groups is 1. The van der Waals surface area contributed by atoms with Crippen LogP contribution in [-0.2, 0) is 0 Å². The molecule has 6 heteroatoms. The lowest BCUT2D eigenvalue weighted by molar-refractivity contribution is 0.0921. The molecule has 1 unspecified atom stereocenters. The Morgan fingerprint density at radius 1 is 1.32 bits per heavy atom. The third-order valence-electron chi connectivity index (χ3n) is 4.62. The molecular formula is C19H23ClN2O2S. The van der Waals surface area contributed by atoms with Gasteiger partial charge in [-0.25, -0.2) is 0 Å². The van der Waals surface area contributed by atoms with Crippen molar-refractivity contribution in [2.45, 2.75) is 25.3 Å². The molecule has 1 amide bonds. The number of carbonyl (C=O) groups excluding carboxylic acids is 1. The highest BCUT2D eigenvalue weighted by Gasteiger charge is 2.24. The average Bonchev–Trinajstić information content (AvgIpc) is 3.17. The van der Waals surface area contributed by atoms with Crippen LogP contribution < -0.4 is 10.1 Å². The highest BCUT2D eigenvalue weighted by atomic mass is 35.5. The van der Waals surface area contributed by atoms with Crippen LogP contribution in [0.1, 0.15) is 41.2 Å². The number of amides is 1. The van der Waals surface area contributed by atoms with Crippen LogP contribution in [0.25, 0.3) is 0 Å². The summed E-state index contributed by atoms with van der Waals surface area (Å²) in [5.41, 5.74) is 1.74. The summed E-state index contributed by atoms with van der Waals surface area (Å²) < 4.78 is 5.29. The van der Waals surface area contributed by atoms with Gasteiger partial charge in [-0.1, -0.05) is 18.0 Å². The van der Waals surface area contributed by atoms with Gasteiger partial charge in [0, 0.05) is 11.6 Å². The van der Waals surface area contributed by atoms with Gasteiger partial charge in [-0.2, -0.15) is 11.3 Å². The van der Waals surface area contributed by atoms with Gasteiger partial charge < -0.3 is 10.1 Å². The minimum Gasteiger partial charge on any atom is -0.496 e. The summed E-state index contributed by atoms with van der Waals surface area (Å²) in [6.45, 7) is 2.74. The Balaban J connectivity index is 1.72. The number of hydrogen-bond acceptors (Lipinski definition) is 4. The summed E-state index contributed by atoms with van der Waals surface area (Å²) in [5.74, 6) is 0.378. The number of thiophene rings is 1. The fourth-order valence-corrected chi connectivity index (χ4v) is 4.17. The van der Waals surface area contributed by atoms with Crippen molar-refractivity contribution in [1.82, 2.24) is 10.2 Å². The summed E-state index contributed by atoms with van der Waals surface area (Å²) in [6.07, 6.45) is 3.73. The first kappa shape index (κ1) is 18.2. The normalized spacial score (nSPS) is 16.4. The van der Waals surface area contributed by atoms with Crippen molar-refractivity contribution >= 4 is 28.8 Å². The van der Waals surface area contributed by atoms with Crippen molar-refractivity contribution in [2.75, 3.05) is 26.7 Å². The zero-order valence-electron chi connectivity index (χ0n) is 14.3. The molecule has 4 nitrogen and oxygen atoms in total. The first-order valence-corrected chi connectivity index (χ1v) is 9.89. The van der Waals surface area contributed by atoms with E-state index in [4.69, 9.17) is 16.3 Å². The van der Waals surface area contributed by atoms with E-state index < -0.39 is 0 Å². The van der Waals surface area contributed by atoms with Crippen molar-refractivity contribution in [3.63, 3.8) is 0 Å². The highest BCUT2D eigenvalue weighted by Crippen LogP contribution is 2.27. The van der Waals surface area contributed by atoms with Gasteiger partial charge in [0.25, 0.3) is 5.91 Å². The number of likely N-dealkylation sites (tertiary alicyclic amines) is 1. The van der Waals surface area contributed by atoms with E-state index in [2.05, 4.69) is 27.0 Å². The molecule has 1 aliphatic rings. The van der Waals surface area contributed by atoms with Crippen LogP contribution in [0.5, 0.6) is 5.75 Å². The van der Waals surface area contributed by atoms with Gasteiger partial charge >= 0.3 is 0 Å². The molecule has 1 aliphatic heterocycles. The topological polar surface area (TPSA) is 41.6 Å². The van der Waals surface area contributed by atoms with Crippen LogP contribution >= 0.6 is 22.9 Å². The number of hydrogen-bond donors (Lipinski definition) is 1. The number of nitrogens with zero attached hydrogens (tertiary/aromatic N) is 1. The predicted molar refractivity (Wildman–Crippen MR) is 103 cm³/mol. The molecule has 1 fully saturated rings. The summed E-state index contributed by atoms with van der Waals surface area (Å²) in [4.78, 5) is 15.1. The number of nitrogens with one attached hydrogen (secondary N) is 1. The van der Waals surface area contributed by atoms with Gasteiger partial charge in [0.2, 0.25) is 0 Å². The maximum Gasteiger partial charge on any atom is 0.255 e. The van der Waals surface area contributed by atoms with E-state index in [0.717, 1.165) is 13.1 Å². The Hall–Kier alpha value is -1.56. The maximum absolute atomic E-state index is 12.7. The first-order valence-electron chi connectivity index (χ1n) is 8.57. The number of benzene rings is 1. The molecule has 1 saturated heterocycles. The molecule has 1 aromatic carbocycles. The maximum atomic E-state index is 12.7.